The number of ether oxygens (including phenoxy) is 1. The molecule has 3 nitrogen and oxygen atoms in total. The molecule has 1 aromatic rings. The summed E-state index contributed by atoms with van der Waals surface area (Å²) in [7, 11) is 1.67. The highest BCUT2D eigenvalue weighted by Gasteiger charge is 2.07. The summed E-state index contributed by atoms with van der Waals surface area (Å²) in [5.74, 6) is 6.36. The normalized spacial score (nSPS) is 10.6. The van der Waals surface area contributed by atoms with E-state index in [-0.39, 0.29) is 0 Å². The zero-order valence-corrected chi connectivity index (χ0v) is 8.91. The fourth-order valence-electron chi connectivity index (χ4n) is 1.42. The molecule has 0 atom stereocenters. The minimum absolute atomic E-state index is 0.411. The Balaban J connectivity index is 2.99. The Morgan fingerprint density at radius 1 is 1.36 bits per heavy atom. The van der Waals surface area contributed by atoms with Crippen molar-refractivity contribution in [3.8, 4) is 5.75 Å². The van der Waals surface area contributed by atoms with E-state index in [1.165, 1.54) is 5.56 Å². The van der Waals surface area contributed by atoms with Crippen molar-refractivity contribution in [3.63, 3.8) is 0 Å². The van der Waals surface area contributed by atoms with Crippen molar-refractivity contribution >= 4 is 0 Å². The van der Waals surface area contributed by atoms with Gasteiger partial charge in [-0.05, 0) is 23.1 Å². The van der Waals surface area contributed by atoms with Crippen molar-refractivity contribution in [1.29, 1.82) is 0 Å². The Morgan fingerprint density at radius 2 is 2.07 bits per heavy atom. The summed E-state index contributed by atoms with van der Waals surface area (Å²) in [6.07, 6.45) is 0. The third-order valence-corrected chi connectivity index (χ3v) is 2.17. The number of benzene rings is 1. The molecule has 1 aromatic carbocycles. The fourth-order valence-corrected chi connectivity index (χ4v) is 1.42. The van der Waals surface area contributed by atoms with Crippen molar-refractivity contribution in [2.45, 2.75) is 26.4 Å². The molecule has 1 rings (SSSR count). The van der Waals surface area contributed by atoms with Crippen LogP contribution >= 0.6 is 0 Å². The summed E-state index contributed by atoms with van der Waals surface area (Å²) in [6, 6.07) is 6.02. The minimum Gasteiger partial charge on any atom is -0.496 e. The number of nitrogens with two attached hydrogens (primary N) is 1. The summed E-state index contributed by atoms with van der Waals surface area (Å²) in [6.45, 7) is 4.68. The van der Waals surface area contributed by atoms with Crippen LogP contribution in [0.1, 0.15) is 30.9 Å². The van der Waals surface area contributed by atoms with Gasteiger partial charge in [0.2, 0.25) is 0 Å². The second-order valence-electron chi connectivity index (χ2n) is 3.54. The highest BCUT2D eigenvalue weighted by molar-refractivity contribution is 5.39. The van der Waals surface area contributed by atoms with Crippen molar-refractivity contribution < 1.29 is 9.57 Å². The smallest absolute Gasteiger partial charge is 0.122 e. The largest absolute Gasteiger partial charge is 0.496 e. The van der Waals surface area contributed by atoms with Crippen LogP contribution in [0.25, 0.3) is 0 Å². The van der Waals surface area contributed by atoms with Gasteiger partial charge in [-0.2, -0.15) is 0 Å². The second kappa shape index (κ2) is 4.98. The van der Waals surface area contributed by atoms with E-state index < -0.39 is 0 Å². The Bertz CT molecular complexity index is 297. The molecular weight excluding hydrogens is 178 g/mol. The molecule has 0 spiro atoms. The zero-order valence-electron chi connectivity index (χ0n) is 8.91. The summed E-state index contributed by atoms with van der Waals surface area (Å²) in [5, 5.41) is 0. The average Bonchev–Trinajstić information content (AvgIpc) is 2.17. The molecule has 0 unspecified atom stereocenters. The van der Waals surface area contributed by atoms with Crippen molar-refractivity contribution in [2.24, 2.45) is 5.90 Å². The summed E-state index contributed by atoms with van der Waals surface area (Å²) in [5.41, 5.74) is 2.22. The van der Waals surface area contributed by atoms with Crippen LogP contribution in [-0.4, -0.2) is 7.11 Å². The van der Waals surface area contributed by atoms with Crippen LogP contribution in [0.4, 0.5) is 0 Å². The van der Waals surface area contributed by atoms with Crippen LogP contribution < -0.4 is 10.6 Å². The molecule has 0 aromatic heterocycles. The van der Waals surface area contributed by atoms with Gasteiger partial charge in [-0.25, -0.2) is 5.90 Å². The van der Waals surface area contributed by atoms with E-state index in [1.807, 2.05) is 12.1 Å². The lowest BCUT2D eigenvalue weighted by Gasteiger charge is -2.12. The van der Waals surface area contributed by atoms with Crippen LogP contribution in [0.5, 0.6) is 5.75 Å². The van der Waals surface area contributed by atoms with Crippen LogP contribution in [-0.2, 0) is 11.4 Å². The predicted octanol–water partition coefficient (Wildman–Crippen LogP) is 2.21. The Labute approximate surface area is 84.8 Å². The van der Waals surface area contributed by atoms with Gasteiger partial charge in [0.15, 0.2) is 0 Å². The highest BCUT2D eigenvalue weighted by Crippen LogP contribution is 2.27. The Hall–Kier alpha value is -1.06. The van der Waals surface area contributed by atoms with Gasteiger partial charge in [0.25, 0.3) is 0 Å². The summed E-state index contributed by atoms with van der Waals surface area (Å²) >= 11 is 0. The molecule has 0 aliphatic carbocycles. The van der Waals surface area contributed by atoms with Crippen molar-refractivity contribution in [3.05, 3.63) is 29.3 Å². The third-order valence-electron chi connectivity index (χ3n) is 2.17. The molecule has 78 valence electrons. The molecular formula is C11H17NO2. The second-order valence-corrected chi connectivity index (χ2v) is 3.54. The number of hydrogen-bond donors (Lipinski definition) is 1. The highest BCUT2D eigenvalue weighted by atomic mass is 16.6. The van der Waals surface area contributed by atoms with E-state index in [4.69, 9.17) is 10.6 Å². The maximum Gasteiger partial charge on any atom is 0.122 e. The third kappa shape index (κ3) is 2.47. The lowest BCUT2D eigenvalue weighted by Crippen LogP contribution is -2.01. The van der Waals surface area contributed by atoms with Gasteiger partial charge in [-0.1, -0.05) is 26.0 Å². The van der Waals surface area contributed by atoms with Crippen molar-refractivity contribution in [2.75, 3.05) is 7.11 Å². The topological polar surface area (TPSA) is 44.5 Å². The van der Waals surface area contributed by atoms with E-state index in [0.29, 0.717) is 12.5 Å². The first-order valence-corrected chi connectivity index (χ1v) is 4.67. The van der Waals surface area contributed by atoms with Gasteiger partial charge in [0, 0.05) is 0 Å². The molecule has 0 heterocycles. The quantitative estimate of drug-likeness (QED) is 0.749. The SMILES string of the molecule is COc1cc(CON)ccc1C(C)C. The van der Waals surface area contributed by atoms with Gasteiger partial charge in [0.05, 0.1) is 13.7 Å². The molecule has 0 saturated heterocycles. The van der Waals surface area contributed by atoms with Crippen molar-refractivity contribution in [1.82, 2.24) is 0 Å². The minimum atomic E-state index is 0.411. The molecule has 0 saturated carbocycles. The van der Waals surface area contributed by atoms with Crippen LogP contribution in [0.3, 0.4) is 0 Å². The molecule has 2 N–H and O–H groups in total. The van der Waals surface area contributed by atoms with E-state index in [0.717, 1.165) is 11.3 Å². The summed E-state index contributed by atoms with van der Waals surface area (Å²) < 4.78 is 5.30. The molecule has 0 aliphatic rings. The Kier molecular flexibility index (Phi) is 3.92. The van der Waals surface area contributed by atoms with Gasteiger partial charge < -0.3 is 4.74 Å². The molecule has 14 heavy (non-hydrogen) atoms. The van der Waals surface area contributed by atoms with Gasteiger partial charge in [-0.15, -0.1) is 0 Å². The maximum absolute atomic E-state index is 5.30. The molecule has 3 heteroatoms. The summed E-state index contributed by atoms with van der Waals surface area (Å²) in [4.78, 5) is 4.57. The van der Waals surface area contributed by atoms with Crippen LogP contribution in [0.2, 0.25) is 0 Å². The first-order chi connectivity index (χ1) is 6.69. The maximum atomic E-state index is 5.30. The predicted molar refractivity (Wildman–Crippen MR) is 56.1 cm³/mol. The van der Waals surface area contributed by atoms with Crippen LogP contribution in [0.15, 0.2) is 18.2 Å². The molecule has 0 aliphatic heterocycles. The lowest BCUT2D eigenvalue weighted by atomic mass is 10.0. The zero-order chi connectivity index (χ0) is 10.6. The first kappa shape index (κ1) is 11.0. The van der Waals surface area contributed by atoms with E-state index in [9.17, 15) is 0 Å². The Morgan fingerprint density at radius 3 is 2.57 bits per heavy atom. The van der Waals surface area contributed by atoms with Gasteiger partial charge in [0.1, 0.15) is 5.75 Å². The van der Waals surface area contributed by atoms with E-state index >= 15 is 0 Å². The van der Waals surface area contributed by atoms with Gasteiger partial charge >= 0.3 is 0 Å². The molecule has 0 amide bonds. The average molecular weight is 195 g/mol. The molecule has 0 fully saturated rings. The lowest BCUT2D eigenvalue weighted by molar-refractivity contribution is 0.124. The first-order valence-electron chi connectivity index (χ1n) is 4.67. The fraction of sp³-hybridized carbons (Fsp3) is 0.455. The van der Waals surface area contributed by atoms with Gasteiger partial charge in [-0.3, -0.25) is 4.84 Å². The molecule has 0 bridgehead atoms. The monoisotopic (exact) mass is 195 g/mol. The van der Waals surface area contributed by atoms with E-state index in [2.05, 4.69) is 24.8 Å². The molecule has 0 radical (unpaired) electrons. The van der Waals surface area contributed by atoms with Crippen LogP contribution in [0, 0.1) is 0 Å². The number of hydrogen-bond acceptors (Lipinski definition) is 3. The number of methoxy groups -OCH3 is 1. The van der Waals surface area contributed by atoms with E-state index in [1.54, 1.807) is 7.11 Å². The standard InChI is InChI=1S/C11H17NO2/c1-8(2)10-5-4-9(7-14-12)6-11(10)13-3/h4-6,8H,7,12H2,1-3H3. The number of rotatable bonds is 4.